The molecule has 0 unspecified atom stereocenters. The molecule has 2 rings (SSSR count). The molecule has 1 fully saturated rings. The fraction of sp³-hybridized carbons (Fsp3) is 0.500. The largest absolute Gasteiger partial charge is 0.390 e. The average molecular weight is 251 g/mol. The molecule has 0 bridgehead atoms. The van der Waals surface area contributed by atoms with Crippen molar-refractivity contribution >= 4 is 5.91 Å². The first-order valence-electron chi connectivity index (χ1n) is 6.17. The molecule has 0 atom stereocenters. The smallest absolute Gasteiger partial charge is 0.256 e. The van der Waals surface area contributed by atoms with Gasteiger partial charge in [-0.1, -0.05) is 11.6 Å². The number of rotatable bonds is 1. The second-order valence-corrected chi connectivity index (χ2v) is 5.27. The maximum absolute atomic E-state index is 13.6. The van der Waals surface area contributed by atoms with Gasteiger partial charge in [-0.15, -0.1) is 0 Å². The van der Waals surface area contributed by atoms with Gasteiger partial charge in [-0.2, -0.15) is 0 Å². The lowest BCUT2D eigenvalue weighted by atomic mass is 9.93. The highest BCUT2D eigenvalue weighted by molar-refractivity contribution is 5.94. The van der Waals surface area contributed by atoms with Crippen LogP contribution >= 0.6 is 0 Å². The van der Waals surface area contributed by atoms with E-state index in [-0.39, 0.29) is 11.5 Å². The van der Waals surface area contributed by atoms with Gasteiger partial charge in [0.15, 0.2) is 0 Å². The van der Waals surface area contributed by atoms with Gasteiger partial charge in [0.05, 0.1) is 11.2 Å². The van der Waals surface area contributed by atoms with E-state index in [0.29, 0.717) is 25.9 Å². The van der Waals surface area contributed by atoms with Crippen molar-refractivity contribution in [2.75, 3.05) is 13.1 Å². The topological polar surface area (TPSA) is 40.5 Å². The molecule has 0 radical (unpaired) electrons. The van der Waals surface area contributed by atoms with Gasteiger partial charge in [-0.25, -0.2) is 4.39 Å². The number of hydrogen-bond acceptors (Lipinski definition) is 2. The molecule has 1 N–H and O–H groups in total. The number of halogens is 1. The summed E-state index contributed by atoms with van der Waals surface area (Å²) in [7, 11) is 0. The van der Waals surface area contributed by atoms with E-state index in [4.69, 9.17) is 0 Å². The quantitative estimate of drug-likeness (QED) is 0.830. The van der Waals surface area contributed by atoms with E-state index in [2.05, 4.69) is 0 Å². The Morgan fingerprint density at radius 3 is 2.61 bits per heavy atom. The van der Waals surface area contributed by atoms with Crippen molar-refractivity contribution in [3.63, 3.8) is 0 Å². The summed E-state index contributed by atoms with van der Waals surface area (Å²) in [6.45, 7) is 4.54. The normalized spacial score (nSPS) is 18.8. The standard InChI is InChI=1S/C14H18FNO2/c1-10-3-4-12(15)11(9-10)13(17)16-7-5-14(2,18)6-8-16/h3-4,9,18H,5-8H2,1-2H3. The van der Waals surface area contributed by atoms with E-state index in [9.17, 15) is 14.3 Å². The van der Waals surface area contributed by atoms with E-state index >= 15 is 0 Å². The van der Waals surface area contributed by atoms with Gasteiger partial charge in [0, 0.05) is 13.1 Å². The van der Waals surface area contributed by atoms with Crippen molar-refractivity contribution in [1.82, 2.24) is 4.90 Å². The lowest BCUT2D eigenvalue weighted by Crippen LogP contribution is -2.45. The molecule has 1 aromatic rings. The molecular formula is C14H18FNO2. The van der Waals surface area contributed by atoms with Gasteiger partial charge in [0.2, 0.25) is 0 Å². The molecule has 1 aromatic carbocycles. The van der Waals surface area contributed by atoms with E-state index in [1.54, 1.807) is 24.0 Å². The third kappa shape index (κ3) is 2.70. The van der Waals surface area contributed by atoms with Crippen LogP contribution in [-0.2, 0) is 0 Å². The molecule has 4 heteroatoms. The van der Waals surface area contributed by atoms with Crippen LogP contribution in [0, 0.1) is 12.7 Å². The summed E-state index contributed by atoms with van der Waals surface area (Å²) in [6.07, 6.45) is 1.07. The van der Waals surface area contributed by atoms with Crippen LogP contribution in [0.15, 0.2) is 18.2 Å². The van der Waals surface area contributed by atoms with Gasteiger partial charge in [-0.3, -0.25) is 4.79 Å². The summed E-state index contributed by atoms with van der Waals surface area (Å²) < 4.78 is 13.6. The zero-order valence-electron chi connectivity index (χ0n) is 10.7. The lowest BCUT2D eigenvalue weighted by Gasteiger charge is -2.35. The Kier molecular flexibility index (Phi) is 3.39. The first-order chi connectivity index (χ1) is 8.39. The zero-order chi connectivity index (χ0) is 13.3. The Hall–Kier alpha value is -1.42. The minimum absolute atomic E-state index is 0.122. The molecule has 0 aliphatic carbocycles. The Labute approximate surface area is 106 Å². The van der Waals surface area contributed by atoms with Crippen LogP contribution in [0.25, 0.3) is 0 Å². The molecule has 18 heavy (non-hydrogen) atoms. The minimum Gasteiger partial charge on any atom is -0.390 e. The molecule has 1 amide bonds. The predicted octanol–water partition coefficient (Wildman–Crippen LogP) is 2.12. The third-order valence-corrected chi connectivity index (χ3v) is 3.48. The van der Waals surface area contributed by atoms with Gasteiger partial charge >= 0.3 is 0 Å². The van der Waals surface area contributed by atoms with Crippen LogP contribution in [-0.4, -0.2) is 34.6 Å². The van der Waals surface area contributed by atoms with Crippen molar-refractivity contribution in [2.24, 2.45) is 0 Å². The molecule has 0 saturated carbocycles. The first-order valence-corrected chi connectivity index (χ1v) is 6.17. The van der Waals surface area contributed by atoms with Gasteiger partial charge in [-0.05, 0) is 38.8 Å². The maximum atomic E-state index is 13.6. The number of aliphatic hydroxyl groups is 1. The van der Waals surface area contributed by atoms with Gasteiger partial charge in [0.25, 0.3) is 5.91 Å². The SMILES string of the molecule is Cc1ccc(F)c(C(=O)N2CCC(C)(O)CC2)c1. The second kappa shape index (κ2) is 4.69. The fourth-order valence-electron chi connectivity index (χ4n) is 2.16. The van der Waals surface area contributed by atoms with Crippen molar-refractivity contribution < 1.29 is 14.3 Å². The second-order valence-electron chi connectivity index (χ2n) is 5.27. The zero-order valence-corrected chi connectivity index (χ0v) is 10.7. The number of amides is 1. The molecule has 0 aromatic heterocycles. The number of piperidine rings is 1. The van der Waals surface area contributed by atoms with Crippen molar-refractivity contribution in [3.05, 3.63) is 35.1 Å². The molecular weight excluding hydrogens is 233 g/mol. The molecule has 0 spiro atoms. The number of carbonyl (C=O) groups excluding carboxylic acids is 1. The maximum Gasteiger partial charge on any atom is 0.256 e. The summed E-state index contributed by atoms with van der Waals surface area (Å²) >= 11 is 0. The number of aryl methyl sites for hydroxylation is 1. The minimum atomic E-state index is -0.706. The van der Waals surface area contributed by atoms with Crippen LogP contribution < -0.4 is 0 Å². The molecule has 1 heterocycles. The van der Waals surface area contributed by atoms with E-state index in [0.717, 1.165) is 5.56 Å². The highest BCUT2D eigenvalue weighted by Crippen LogP contribution is 2.23. The van der Waals surface area contributed by atoms with Gasteiger partial charge < -0.3 is 10.0 Å². The summed E-state index contributed by atoms with van der Waals surface area (Å²) in [5.41, 5.74) is 0.280. The monoisotopic (exact) mass is 251 g/mol. The van der Waals surface area contributed by atoms with Crippen molar-refractivity contribution in [2.45, 2.75) is 32.3 Å². The van der Waals surface area contributed by atoms with Crippen LogP contribution in [0.3, 0.4) is 0 Å². The van der Waals surface area contributed by atoms with Crippen LogP contribution in [0.2, 0.25) is 0 Å². The number of likely N-dealkylation sites (tertiary alicyclic amines) is 1. The molecule has 98 valence electrons. The average Bonchev–Trinajstić information content (AvgIpc) is 2.31. The summed E-state index contributed by atoms with van der Waals surface area (Å²) in [4.78, 5) is 13.8. The molecule has 1 aliphatic heterocycles. The van der Waals surface area contributed by atoms with E-state index < -0.39 is 11.4 Å². The van der Waals surface area contributed by atoms with Crippen LogP contribution in [0.4, 0.5) is 4.39 Å². The Morgan fingerprint density at radius 1 is 1.39 bits per heavy atom. The Morgan fingerprint density at radius 2 is 2.00 bits per heavy atom. The van der Waals surface area contributed by atoms with Crippen molar-refractivity contribution in [3.8, 4) is 0 Å². The molecule has 1 aliphatic rings. The number of benzene rings is 1. The molecule has 1 saturated heterocycles. The van der Waals surface area contributed by atoms with E-state index in [1.165, 1.54) is 6.07 Å². The van der Waals surface area contributed by atoms with Gasteiger partial charge in [0.1, 0.15) is 5.82 Å². The lowest BCUT2D eigenvalue weighted by molar-refractivity contribution is -0.00213. The third-order valence-electron chi connectivity index (χ3n) is 3.48. The van der Waals surface area contributed by atoms with Crippen LogP contribution in [0.1, 0.15) is 35.7 Å². The van der Waals surface area contributed by atoms with Crippen molar-refractivity contribution in [1.29, 1.82) is 0 Å². The molecule has 3 nitrogen and oxygen atoms in total. The number of nitrogens with zero attached hydrogens (tertiary/aromatic N) is 1. The Balaban J connectivity index is 2.15. The fourth-order valence-corrected chi connectivity index (χ4v) is 2.16. The predicted molar refractivity (Wildman–Crippen MR) is 66.9 cm³/mol. The first kappa shape index (κ1) is 13.0. The highest BCUT2D eigenvalue weighted by atomic mass is 19.1. The van der Waals surface area contributed by atoms with Crippen LogP contribution in [0.5, 0.6) is 0 Å². The summed E-state index contributed by atoms with van der Waals surface area (Å²) in [6, 6.07) is 4.54. The Bertz CT molecular complexity index is 461. The highest BCUT2D eigenvalue weighted by Gasteiger charge is 2.30. The number of hydrogen-bond donors (Lipinski definition) is 1. The summed E-state index contributed by atoms with van der Waals surface area (Å²) in [5.74, 6) is -0.769. The number of carbonyl (C=O) groups is 1. The van der Waals surface area contributed by atoms with E-state index in [1.807, 2.05) is 6.92 Å². The summed E-state index contributed by atoms with van der Waals surface area (Å²) in [5, 5.41) is 9.83.